The van der Waals surface area contributed by atoms with Gasteiger partial charge in [0.15, 0.2) is 12.6 Å². The van der Waals surface area contributed by atoms with Gasteiger partial charge in [-0.15, -0.1) is 0 Å². The first-order valence-corrected chi connectivity index (χ1v) is 23.8. The van der Waals surface area contributed by atoms with E-state index in [4.69, 9.17) is 28.4 Å². The number of rotatable bonds is 37. The molecule has 0 aliphatic carbocycles. The van der Waals surface area contributed by atoms with Gasteiger partial charge in [-0.3, -0.25) is 4.79 Å². The van der Waals surface area contributed by atoms with Crippen molar-refractivity contribution in [3.05, 3.63) is 12.2 Å². The molecule has 0 radical (unpaired) electrons. The zero-order valence-corrected chi connectivity index (χ0v) is 37.2. The molecule has 2 aliphatic heterocycles. The second kappa shape index (κ2) is 35.1. The van der Waals surface area contributed by atoms with Crippen molar-refractivity contribution >= 4 is 5.97 Å². The molecule has 2 fully saturated rings. The summed E-state index contributed by atoms with van der Waals surface area (Å²) in [4.78, 5) is 12.9. The molecular formula is C46H86O14. The monoisotopic (exact) mass is 863 g/mol. The van der Waals surface area contributed by atoms with Gasteiger partial charge in [-0.1, -0.05) is 142 Å². The van der Waals surface area contributed by atoms with Gasteiger partial charge in [-0.25, -0.2) is 0 Å². The molecule has 11 atom stereocenters. The smallest absolute Gasteiger partial charge is 0.306 e. The topological polar surface area (TPSA) is 214 Å². The Morgan fingerprint density at radius 2 is 0.983 bits per heavy atom. The number of ether oxygens (including phenoxy) is 6. The molecule has 60 heavy (non-hydrogen) atoms. The Kier molecular flexibility index (Phi) is 32.1. The van der Waals surface area contributed by atoms with Crippen LogP contribution in [0.3, 0.4) is 0 Å². The summed E-state index contributed by atoms with van der Waals surface area (Å²) in [6.07, 6.45) is 17.1. The molecule has 2 heterocycles. The molecule has 7 N–H and O–H groups in total. The summed E-state index contributed by atoms with van der Waals surface area (Å²) in [6, 6.07) is 0. The Bertz CT molecular complexity index is 1050. The van der Waals surface area contributed by atoms with Gasteiger partial charge >= 0.3 is 5.97 Å². The number of esters is 1. The van der Waals surface area contributed by atoms with Crippen LogP contribution in [0.2, 0.25) is 0 Å². The van der Waals surface area contributed by atoms with Gasteiger partial charge in [-0.05, 0) is 38.5 Å². The lowest BCUT2D eigenvalue weighted by molar-refractivity contribution is -0.332. The lowest BCUT2D eigenvalue weighted by atomic mass is 9.98. The summed E-state index contributed by atoms with van der Waals surface area (Å²) >= 11 is 0. The lowest BCUT2D eigenvalue weighted by Gasteiger charge is -2.42. The normalized spacial score (nSPS) is 27.8. The average Bonchev–Trinajstić information content (AvgIpc) is 3.24. The Hall–Kier alpha value is -1.27. The fourth-order valence-electron chi connectivity index (χ4n) is 7.57. The van der Waals surface area contributed by atoms with E-state index in [9.17, 15) is 40.5 Å². The average molecular weight is 863 g/mol. The third kappa shape index (κ3) is 23.4. The van der Waals surface area contributed by atoms with Crippen molar-refractivity contribution in [2.75, 3.05) is 33.0 Å². The molecule has 354 valence electrons. The van der Waals surface area contributed by atoms with E-state index in [2.05, 4.69) is 26.0 Å². The Balaban J connectivity index is 1.79. The van der Waals surface area contributed by atoms with Crippen molar-refractivity contribution < 1.29 is 69.0 Å². The zero-order valence-electron chi connectivity index (χ0n) is 37.2. The summed E-state index contributed by atoms with van der Waals surface area (Å²) < 4.78 is 34.1. The van der Waals surface area contributed by atoms with Crippen LogP contribution in [0, 0.1) is 0 Å². The van der Waals surface area contributed by atoms with Crippen LogP contribution in [-0.2, 0) is 33.2 Å². The van der Waals surface area contributed by atoms with Crippen molar-refractivity contribution in [2.24, 2.45) is 0 Å². The highest BCUT2D eigenvalue weighted by molar-refractivity contribution is 5.69. The van der Waals surface area contributed by atoms with Crippen LogP contribution in [0.4, 0.5) is 0 Å². The van der Waals surface area contributed by atoms with Crippen molar-refractivity contribution in [2.45, 2.75) is 242 Å². The van der Waals surface area contributed by atoms with Crippen molar-refractivity contribution in [3.63, 3.8) is 0 Å². The SMILES string of the molecule is CCCCCCCCC/C=C\CCCCCCCC(=O)OC(COCCCCCCCCCCCC)COC1OC(COC2OC(CO)C(O)C(O)C2O)C(O)C(O)C1O. The third-order valence-electron chi connectivity index (χ3n) is 11.5. The molecule has 0 bridgehead atoms. The van der Waals surface area contributed by atoms with Gasteiger partial charge in [0.2, 0.25) is 0 Å². The highest BCUT2D eigenvalue weighted by Gasteiger charge is 2.47. The first-order valence-electron chi connectivity index (χ1n) is 23.8. The largest absolute Gasteiger partial charge is 0.457 e. The fraction of sp³-hybridized carbons (Fsp3) is 0.935. The van der Waals surface area contributed by atoms with E-state index >= 15 is 0 Å². The second-order valence-electron chi connectivity index (χ2n) is 16.9. The van der Waals surface area contributed by atoms with Gasteiger partial charge in [-0.2, -0.15) is 0 Å². The second-order valence-corrected chi connectivity index (χ2v) is 16.9. The Morgan fingerprint density at radius 1 is 0.533 bits per heavy atom. The quantitative estimate of drug-likeness (QED) is 0.0220. The summed E-state index contributed by atoms with van der Waals surface area (Å²) in [7, 11) is 0. The number of carbonyl (C=O) groups is 1. The first kappa shape index (κ1) is 54.9. The number of aliphatic hydroxyl groups excluding tert-OH is 7. The summed E-state index contributed by atoms with van der Waals surface area (Å²) in [5.41, 5.74) is 0. The van der Waals surface area contributed by atoms with Crippen LogP contribution in [0.5, 0.6) is 0 Å². The standard InChI is InChI=1S/C46H86O14/c1-3-5-7-9-11-13-15-16-17-18-19-20-21-23-25-27-29-38(48)58-35(32-55-30-28-26-24-22-14-12-10-8-6-4-2)33-56-45-44(54)42(52)40(50)37(60-45)34-57-46-43(53)41(51)39(49)36(31-47)59-46/h17-18,35-37,39-47,49-54H,3-16,19-34H2,1-2H3/b18-17-. The number of aliphatic hydroxyl groups is 7. The van der Waals surface area contributed by atoms with Gasteiger partial charge in [0.25, 0.3) is 0 Å². The van der Waals surface area contributed by atoms with Crippen LogP contribution in [0.25, 0.3) is 0 Å². The number of hydrogen-bond acceptors (Lipinski definition) is 14. The summed E-state index contributed by atoms with van der Waals surface area (Å²) in [5.74, 6) is -0.384. The molecule has 0 spiro atoms. The molecule has 0 aromatic rings. The van der Waals surface area contributed by atoms with E-state index in [1.54, 1.807) is 0 Å². The van der Waals surface area contributed by atoms with Crippen molar-refractivity contribution in [3.8, 4) is 0 Å². The van der Waals surface area contributed by atoms with Crippen LogP contribution in [-0.4, -0.2) is 142 Å². The molecule has 0 aromatic carbocycles. The molecule has 14 nitrogen and oxygen atoms in total. The van der Waals surface area contributed by atoms with Crippen molar-refractivity contribution in [1.82, 2.24) is 0 Å². The maximum absolute atomic E-state index is 12.9. The summed E-state index contributed by atoms with van der Waals surface area (Å²) in [5, 5.41) is 71.9. The van der Waals surface area contributed by atoms with E-state index in [1.165, 1.54) is 89.9 Å². The van der Waals surface area contributed by atoms with Gasteiger partial charge in [0.05, 0.1) is 26.4 Å². The molecule has 2 saturated heterocycles. The molecular weight excluding hydrogens is 776 g/mol. The minimum absolute atomic E-state index is 0.0628. The van der Waals surface area contributed by atoms with E-state index in [0.717, 1.165) is 57.8 Å². The van der Waals surface area contributed by atoms with E-state index in [-0.39, 0.29) is 25.6 Å². The van der Waals surface area contributed by atoms with Crippen molar-refractivity contribution in [1.29, 1.82) is 0 Å². The van der Waals surface area contributed by atoms with E-state index in [0.29, 0.717) is 13.0 Å². The fourth-order valence-corrected chi connectivity index (χ4v) is 7.57. The minimum atomic E-state index is -1.70. The highest BCUT2D eigenvalue weighted by Crippen LogP contribution is 2.26. The number of unbranched alkanes of at least 4 members (excludes halogenated alkanes) is 21. The predicted molar refractivity (Wildman–Crippen MR) is 229 cm³/mol. The number of hydrogen-bond donors (Lipinski definition) is 7. The third-order valence-corrected chi connectivity index (χ3v) is 11.5. The van der Waals surface area contributed by atoms with Crippen LogP contribution in [0.15, 0.2) is 12.2 Å². The molecule has 14 heteroatoms. The van der Waals surface area contributed by atoms with Crippen LogP contribution >= 0.6 is 0 Å². The maximum atomic E-state index is 12.9. The summed E-state index contributed by atoms with van der Waals surface area (Å²) in [6.45, 7) is 3.67. The molecule has 0 aromatic heterocycles. The minimum Gasteiger partial charge on any atom is -0.457 e. The Labute approximate surface area is 361 Å². The predicted octanol–water partition coefficient (Wildman–Crippen LogP) is 5.90. The molecule has 2 rings (SSSR count). The first-order chi connectivity index (χ1) is 29.1. The lowest BCUT2D eigenvalue weighted by Crippen LogP contribution is -2.61. The Morgan fingerprint density at radius 3 is 1.52 bits per heavy atom. The maximum Gasteiger partial charge on any atom is 0.306 e. The molecule has 0 amide bonds. The number of allylic oxidation sites excluding steroid dienone is 2. The van der Waals surface area contributed by atoms with Gasteiger partial charge in [0.1, 0.15) is 54.9 Å². The van der Waals surface area contributed by atoms with Crippen LogP contribution < -0.4 is 0 Å². The highest BCUT2D eigenvalue weighted by atomic mass is 16.7. The zero-order chi connectivity index (χ0) is 43.8. The molecule has 0 saturated carbocycles. The van der Waals surface area contributed by atoms with E-state index < -0.39 is 80.7 Å². The number of carbonyl (C=O) groups excluding carboxylic acids is 1. The van der Waals surface area contributed by atoms with Crippen LogP contribution in [0.1, 0.15) is 174 Å². The molecule has 2 aliphatic rings. The van der Waals surface area contributed by atoms with Gasteiger partial charge in [0, 0.05) is 13.0 Å². The van der Waals surface area contributed by atoms with Gasteiger partial charge < -0.3 is 64.2 Å². The van der Waals surface area contributed by atoms with E-state index in [1.807, 2.05) is 0 Å². The molecule has 11 unspecified atom stereocenters.